The normalized spacial score (nSPS) is 17.1. The molecule has 1 fully saturated rings. The maximum absolute atomic E-state index is 13.4. The van der Waals surface area contributed by atoms with Gasteiger partial charge in [0.1, 0.15) is 5.82 Å². The zero-order chi connectivity index (χ0) is 10.1. The Bertz CT molecular complexity index is 388. The summed E-state index contributed by atoms with van der Waals surface area (Å²) in [5.41, 5.74) is 0.855. The molecule has 1 aliphatic carbocycles. The molecule has 0 bridgehead atoms. The van der Waals surface area contributed by atoms with E-state index in [1.165, 1.54) is 6.07 Å². The summed E-state index contributed by atoms with van der Waals surface area (Å²) in [7, 11) is 0. The fourth-order valence-corrected chi connectivity index (χ4v) is 1.77. The van der Waals surface area contributed by atoms with Gasteiger partial charge >= 0.3 is 0 Å². The number of halogens is 2. The molecule has 1 saturated carbocycles. The average molecular weight is 258 g/mol. The molecule has 1 aromatic carbocycles. The minimum Gasteiger partial charge on any atom is -0.411 e. The third-order valence-corrected chi connectivity index (χ3v) is 2.77. The van der Waals surface area contributed by atoms with Gasteiger partial charge in [0.2, 0.25) is 0 Å². The summed E-state index contributed by atoms with van der Waals surface area (Å²) in [5, 5.41) is 12.0. The summed E-state index contributed by atoms with van der Waals surface area (Å²) in [6, 6.07) is 4.64. The standard InChI is InChI=1S/C10H9BrFNO/c11-7-3-4-9(12)8(5-7)10(13-14)6-1-2-6/h3-6,14H,1-2H2. The first-order valence-corrected chi connectivity index (χ1v) is 5.19. The summed E-state index contributed by atoms with van der Waals surface area (Å²) in [4.78, 5) is 0. The highest BCUT2D eigenvalue weighted by Gasteiger charge is 2.30. The first kappa shape index (κ1) is 9.65. The third kappa shape index (κ3) is 1.80. The van der Waals surface area contributed by atoms with Crippen LogP contribution >= 0.6 is 15.9 Å². The van der Waals surface area contributed by atoms with Crippen LogP contribution in [0.25, 0.3) is 0 Å². The Morgan fingerprint density at radius 3 is 2.79 bits per heavy atom. The van der Waals surface area contributed by atoms with Crippen LogP contribution in [0.1, 0.15) is 18.4 Å². The van der Waals surface area contributed by atoms with E-state index in [0.717, 1.165) is 17.3 Å². The summed E-state index contributed by atoms with van der Waals surface area (Å²) in [6.45, 7) is 0. The van der Waals surface area contributed by atoms with Gasteiger partial charge < -0.3 is 5.21 Å². The topological polar surface area (TPSA) is 32.6 Å². The van der Waals surface area contributed by atoms with Crippen LogP contribution in [-0.4, -0.2) is 10.9 Å². The van der Waals surface area contributed by atoms with E-state index >= 15 is 0 Å². The van der Waals surface area contributed by atoms with Crippen LogP contribution in [-0.2, 0) is 0 Å². The van der Waals surface area contributed by atoms with Crippen molar-refractivity contribution in [3.05, 3.63) is 34.1 Å². The van der Waals surface area contributed by atoms with E-state index in [9.17, 15) is 4.39 Å². The Labute approximate surface area is 89.6 Å². The molecule has 4 heteroatoms. The third-order valence-electron chi connectivity index (χ3n) is 2.28. The van der Waals surface area contributed by atoms with Crippen molar-refractivity contribution in [1.82, 2.24) is 0 Å². The summed E-state index contributed by atoms with van der Waals surface area (Å²) < 4.78 is 14.2. The molecular formula is C10H9BrFNO. The van der Waals surface area contributed by atoms with Crippen molar-refractivity contribution < 1.29 is 9.60 Å². The van der Waals surface area contributed by atoms with Gasteiger partial charge in [-0.1, -0.05) is 21.1 Å². The molecule has 0 aromatic heterocycles. The number of hydrogen-bond acceptors (Lipinski definition) is 2. The van der Waals surface area contributed by atoms with E-state index < -0.39 is 0 Å². The SMILES string of the molecule is ON=C(c1cc(Br)ccc1F)C1CC1. The molecule has 0 heterocycles. The molecule has 0 unspecified atom stereocenters. The van der Waals surface area contributed by atoms with Gasteiger partial charge in [0.15, 0.2) is 0 Å². The predicted molar refractivity (Wildman–Crippen MR) is 55.1 cm³/mol. The van der Waals surface area contributed by atoms with Gasteiger partial charge in [-0.25, -0.2) is 4.39 Å². The smallest absolute Gasteiger partial charge is 0.132 e. The Hall–Kier alpha value is -0.900. The molecule has 0 radical (unpaired) electrons. The molecule has 0 spiro atoms. The molecular weight excluding hydrogens is 249 g/mol. The van der Waals surface area contributed by atoms with Gasteiger partial charge in [-0.3, -0.25) is 0 Å². The van der Waals surface area contributed by atoms with Crippen LogP contribution in [0.2, 0.25) is 0 Å². The van der Waals surface area contributed by atoms with Gasteiger partial charge in [-0.15, -0.1) is 0 Å². The largest absolute Gasteiger partial charge is 0.411 e. The highest BCUT2D eigenvalue weighted by atomic mass is 79.9. The van der Waals surface area contributed by atoms with E-state index in [1.807, 2.05) is 0 Å². The first-order chi connectivity index (χ1) is 6.72. The molecule has 0 amide bonds. The average Bonchev–Trinajstić information content (AvgIpc) is 2.96. The number of rotatable bonds is 2. The van der Waals surface area contributed by atoms with E-state index in [0.29, 0.717) is 11.3 Å². The number of hydrogen-bond donors (Lipinski definition) is 1. The molecule has 0 saturated heterocycles. The van der Waals surface area contributed by atoms with E-state index in [4.69, 9.17) is 5.21 Å². The van der Waals surface area contributed by atoms with Crippen LogP contribution in [0.4, 0.5) is 4.39 Å². The number of benzene rings is 1. The second kappa shape index (κ2) is 3.69. The van der Waals surface area contributed by atoms with E-state index in [2.05, 4.69) is 21.1 Å². The van der Waals surface area contributed by atoms with Crippen molar-refractivity contribution in [2.24, 2.45) is 11.1 Å². The van der Waals surface area contributed by atoms with Crippen LogP contribution in [0.15, 0.2) is 27.8 Å². The van der Waals surface area contributed by atoms with Crippen molar-refractivity contribution in [3.63, 3.8) is 0 Å². The summed E-state index contributed by atoms with van der Waals surface area (Å²) in [6.07, 6.45) is 1.96. The quantitative estimate of drug-likeness (QED) is 0.493. The van der Waals surface area contributed by atoms with Crippen molar-refractivity contribution in [3.8, 4) is 0 Å². The molecule has 1 aliphatic rings. The number of oxime groups is 1. The van der Waals surface area contributed by atoms with E-state index in [1.54, 1.807) is 12.1 Å². The first-order valence-electron chi connectivity index (χ1n) is 4.39. The summed E-state index contributed by atoms with van der Waals surface area (Å²) >= 11 is 3.26. The molecule has 1 N–H and O–H groups in total. The van der Waals surface area contributed by atoms with Gasteiger partial charge in [0.05, 0.1) is 5.71 Å². The fourth-order valence-electron chi connectivity index (χ4n) is 1.41. The Morgan fingerprint density at radius 2 is 2.21 bits per heavy atom. The summed E-state index contributed by atoms with van der Waals surface area (Å²) in [5.74, 6) is -0.114. The van der Waals surface area contributed by atoms with E-state index in [-0.39, 0.29) is 11.7 Å². The van der Waals surface area contributed by atoms with Crippen molar-refractivity contribution >= 4 is 21.6 Å². The lowest BCUT2D eigenvalue weighted by Gasteiger charge is -2.04. The lowest BCUT2D eigenvalue weighted by Crippen LogP contribution is -2.06. The molecule has 0 atom stereocenters. The maximum Gasteiger partial charge on any atom is 0.132 e. The van der Waals surface area contributed by atoms with Crippen LogP contribution < -0.4 is 0 Å². The Kier molecular flexibility index (Phi) is 2.54. The molecule has 74 valence electrons. The highest BCUT2D eigenvalue weighted by Crippen LogP contribution is 2.34. The number of nitrogens with zero attached hydrogens (tertiary/aromatic N) is 1. The fraction of sp³-hybridized carbons (Fsp3) is 0.300. The lowest BCUT2D eigenvalue weighted by molar-refractivity contribution is 0.317. The van der Waals surface area contributed by atoms with Crippen LogP contribution in [0.3, 0.4) is 0 Å². The second-order valence-corrected chi connectivity index (χ2v) is 4.30. The van der Waals surface area contributed by atoms with Gasteiger partial charge in [0, 0.05) is 16.0 Å². The van der Waals surface area contributed by atoms with Crippen molar-refractivity contribution in [2.45, 2.75) is 12.8 Å². The lowest BCUT2D eigenvalue weighted by atomic mass is 10.1. The van der Waals surface area contributed by atoms with Gasteiger partial charge in [0.25, 0.3) is 0 Å². The Balaban J connectivity index is 2.42. The predicted octanol–water partition coefficient (Wildman–Crippen LogP) is 3.18. The van der Waals surface area contributed by atoms with Crippen LogP contribution in [0, 0.1) is 11.7 Å². The zero-order valence-electron chi connectivity index (χ0n) is 7.37. The highest BCUT2D eigenvalue weighted by molar-refractivity contribution is 9.10. The second-order valence-electron chi connectivity index (χ2n) is 3.38. The maximum atomic E-state index is 13.4. The van der Waals surface area contributed by atoms with Crippen molar-refractivity contribution in [1.29, 1.82) is 0 Å². The Morgan fingerprint density at radius 1 is 1.50 bits per heavy atom. The molecule has 0 aliphatic heterocycles. The minimum atomic E-state index is -0.340. The molecule has 2 rings (SSSR count). The molecule has 14 heavy (non-hydrogen) atoms. The van der Waals surface area contributed by atoms with Crippen molar-refractivity contribution in [2.75, 3.05) is 0 Å². The minimum absolute atomic E-state index is 0.226. The van der Waals surface area contributed by atoms with Crippen LogP contribution in [0.5, 0.6) is 0 Å². The molecule has 1 aromatic rings. The molecule has 2 nitrogen and oxygen atoms in total. The van der Waals surface area contributed by atoms with Gasteiger partial charge in [-0.05, 0) is 31.0 Å². The van der Waals surface area contributed by atoms with Gasteiger partial charge in [-0.2, -0.15) is 0 Å². The monoisotopic (exact) mass is 257 g/mol. The zero-order valence-corrected chi connectivity index (χ0v) is 8.96.